The zero-order chi connectivity index (χ0) is 22.0. The lowest BCUT2D eigenvalue weighted by Gasteiger charge is -2.43. The average molecular weight is 442 g/mol. The third kappa shape index (κ3) is 5.57. The van der Waals surface area contributed by atoms with E-state index in [0.29, 0.717) is 44.9 Å². The topological polar surface area (TPSA) is 84.0 Å². The van der Waals surface area contributed by atoms with Gasteiger partial charge in [0.05, 0.1) is 12.1 Å². The second-order valence-corrected chi connectivity index (χ2v) is 8.23. The number of hydrogen-bond donors (Lipinski definition) is 1. The fourth-order valence-electron chi connectivity index (χ4n) is 4.45. The Balaban J connectivity index is 1.24. The normalized spacial score (nSPS) is 25.1. The summed E-state index contributed by atoms with van der Waals surface area (Å²) >= 11 is 0. The molecule has 2 atom stereocenters. The Morgan fingerprint density at radius 2 is 1.94 bits per heavy atom. The molecule has 0 bridgehead atoms. The number of likely N-dealkylation sites (tertiary alicyclic amines) is 2. The van der Waals surface area contributed by atoms with Crippen LogP contribution in [0, 0.1) is 5.92 Å². The fraction of sp³-hybridized carbons (Fsp3) is 0.650. The number of morpholine rings is 1. The number of carbonyl (C=O) groups excluding carboxylic acids is 2. The maximum Gasteiger partial charge on any atom is 0.574 e. The number of nitrogens with one attached hydrogen (secondary N) is 1. The van der Waals surface area contributed by atoms with Gasteiger partial charge in [-0.2, -0.15) is 0 Å². The van der Waals surface area contributed by atoms with Crippen LogP contribution < -0.4 is 10.1 Å². The van der Waals surface area contributed by atoms with E-state index in [1.54, 1.807) is 11.0 Å². The molecule has 8 nitrogen and oxygen atoms in total. The minimum absolute atomic E-state index is 0.0213. The molecule has 0 aliphatic carbocycles. The molecule has 0 aromatic carbocycles. The number of rotatable bonds is 3. The lowest BCUT2D eigenvalue weighted by atomic mass is 9.91. The first kappa shape index (κ1) is 21.7. The average Bonchev–Trinajstić information content (AvgIpc) is 2.73. The van der Waals surface area contributed by atoms with Gasteiger partial charge in [-0.3, -0.25) is 4.79 Å². The highest BCUT2D eigenvalue weighted by atomic mass is 19.4. The van der Waals surface area contributed by atoms with Gasteiger partial charge in [0.2, 0.25) is 11.8 Å². The molecule has 1 aromatic heterocycles. The van der Waals surface area contributed by atoms with E-state index in [4.69, 9.17) is 4.74 Å². The summed E-state index contributed by atoms with van der Waals surface area (Å²) < 4.78 is 46.0. The maximum absolute atomic E-state index is 12.9. The van der Waals surface area contributed by atoms with Crippen molar-refractivity contribution >= 4 is 11.9 Å². The molecule has 0 saturated carbocycles. The van der Waals surface area contributed by atoms with Crippen LogP contribution in [0.1, 0.15) is 24.8 Å². The molecule has 3 fully saturated rings. The number of ether oxygens (including phenoxy) is 2. The number of hydrogen-bond acceptors (Lipinski definition) is 5. The Hall–Kier alpha value is -2.56. The summed E-state index contributed by atoms with van der Waals surface area (Å²) in [5, 5.41) is 2.90. The van der Waals surface area contributed by atoms with Crippen LogP contribution in [0.15, 0.2) is 18.3 Å². The van der Waals surface area contributed by atoms with Gasteiger partial charge in [-0.15, -0.1) is 13.2 Å². The third-order valence-electron chi connectivity index (χ3n) is 6.02. The van der Waals surface area contributed by atoms with Gasteiger partial charge < -0.3 is 24.6 Å². The summed E-state index contributed by atoms with van der Waals surface area (Å²) in [4.78, 5) is 31.8. The molecule has 170 valence electrons. The van der Waals surface area contributed by atoms with Crippen molar-refractivity contribution in [1.82, 2.24) is 20.1 Å². The quantitative estimate of drug-likeness (QED) is 0.774. The maximum atomic E-state index is 12.9. The van der Waals surface area contributed by atoms with Crippen LogP contribution in [0.2, 0.25) is 0 Å². The molecule has 0 spiro atoms. The van der Waals surface area contributed by atoms with Crippen LogP contribution in [0.25, 0.3) is 0 Å². The number of aromatic nitrogens is 1. The molecule has 1 N–H and O–H groups in total. The van der Waals surface area contributed by atoms with Gasteiger partial charge in [0.15, 0.2) is 0 Å². The standard InChI is InChI=1S/C20H25F3N4O4/c21-20(22,23)31-18-2-1-14(10-24-18)9-13-3-6-26(7-4-13)19(29)27-8-5-16-15(11-27)25-17(28)12-30-16/h1-2,10,13,15-16H,3-9,11-12H2,(H,25,28)/t15-,16+/m1/s1. The van der Waals surface area contributed by atoms with Gasteiger partial charge in [-0.1, -0.05) is 6.07 Å². The van der Waals surface area contributed by atoms with Crippen molar-refractivity contribution in [2.45, 2.75) is 44.2 Å². The molecule has 3 amide bonds. The fourth-order valence-corrected chi connectivity index (χ4v) is 4.45. The SMILES string of the molecule is O=C1CO[C@H]2CCN(C(=O)N3CCC(Cc4ccc(OC(F)(F)F)nc4)CC3)C[C@H]2N1. The summed E-state index contributed by atoms with van der Waals surface area (Å²) in [5.74, 6) is -0.291. The molecule has 31 heavy (non-hydrogen) atoms. The molecular formula is C20H25F3N4O4. The minimum Gasteiger partial charge on any atom is -0.388 e. The van der Waals surface area contributed by atoms with Crippen LogP contribution in [0.4, 0.5) is 18.0 Å². The van der Waals surface area contributed by atoms with Crippen LogP contribution in [0.5, 0.6) is 5.88 Å². The Labute approximate surface area is 177 Å². The smallest absolute Gasteiger partial charge is 0.388 e. The van der Waals surface area contributed by atoms with Crippen LogP contribution in [-0.2, 0) is 16.0 Å². The van der Waals surface area contributed by atoms with E-state index in [2.05, 4.69) is 15.0 Å². The van der Waals surface area contributed by atoms with Crippen molar-refractivity contribution in [3.8, 4) is 5.88 Å². The van der Waals surface area contributed by atoms with E-state index in [9.17, 15) is 22.8 Å². The number of pyridine rings is 1. The number of urea groups is 1. The first-order chi connectivity index (χ1) is 14.8. The molecule has 3 saturated heterocycles. The summed E-state index contributed by atoms with van der Waals surface area (Å²) in [6.45, 7) is 2.39. The number of amides is 3. The first-order valence-corrected chi connectivity index (χ1v) is 10.4. The summed E-state index contributed by atoms with van der Waals surface area (Å²) in [7, 11) is 0. The monoisotopic (exact) mass is 442 g/mol. The number of nitrogens with zero attached hydrogens (tertiary/aromatic N) is 3. The second kappa shape index (κ2) is 8.89. The second-order valence-electron chi connectivity index (χ2n) is 8.23. The van der Waals surface area contributed by atoms with E-state index in [-0.39, 0.29) is 30.7 Å². The number of halogens is 3. The van der Waals surface area contributed by atoms with Gasteiger partial charge >= 0.3 is 12.4 Å². The van der Waals surface area contributed by atoms with Crippen molar-refractivity contribution < 1.29 is 32.2 Å². The van der Waals surface area contributed by atoms with Crippen LogP contribution in [0.3, 0.4) is 0 Å². The highest BCUT2D eigenvalue weighted by Gasteiger charge is 2.38. The summed E-state index contributed by atoms with van der Waals surface area (Å²) in [5.41, 5.74) is 0.842. The Kier molecular flexibility index (Phi) is 6.22. The summed E-state index contributed by atoms with van der Waals surface area (Å²) in [6.07, 6.45) is -0.360. The third-order valence-corrected chi connectivity index (χ3v) is 6.02. The number of carbonyl (C=O) groups is 2. The van der Waals surface area contributed by atoms with Gasteiger partial charge in [0.25, 0.3) is 0 Å². The highest BCUT2D eigenvalue weighted by molar-refractivity contribution is 5.79. The minimum atomic E-state index is -4.75. The van der Waals surface area contributed by atoms with Crippen molar-refractivity contribution in [3.05, 3.63) is 23.9 Å². The van der Waals surface area contributed by atoms with Crippen molar-refractivity contribution in [1.29, 1.82) is 0 Å². The van der Waals surface area contributed by atoms with Crippen LogP contribution in [-0.4, -0.2) is 78.0 Å². The van der Waals surface area contributed by atoms with Crippen molar-refractivity contribution in [2.75, 3.05) is 32.8 Å². The Bertz CT molecular complexity index is 797. The van der Waals surface area contributed by atoms with Crippen molar-refractivity contribution in [2.24, 2.45) is 5.92 Å². The zero-order valence-electron chi connectivity index (χ0n) is 16.9. The van der Waals surface area contributed by atoms with Gasteiger partial charge in [0, 0.05) is 38.4 Å². The number of piperidine rings is 2. The highest BCUT2D eigenvalue weighted by Crippen LogP contribution is 2.26. The van der Waals surface area contributed by atoms with Gasteiger partial charge in [-0.05, 0) is 37.2 Å². The van der Waals surface area contributed by atoms with E-state index >= 15 is 0 Å². The Morgan fingerprint density at radius 3 is 2.61 bits per heavy atom. The molecule has 4 rings (SSSR count). The largest absolute Gasteiger partial charge is 0.574 e. The molecular weight excluding hydrogens is 417 g/mol. The predicted octanol–water partition coefficient (Wildman–Crippen LogP) is 1.94. The molecule has 0 radical (unpaired) electrons. The predicted molar refractivity (Wildman–Crippen MR) is 102 cm³/mol. The van der Waals surface area contributed by atoms with E-state index < -0.39 is 12.2 Å². The van der Waals surface area contributed by atoms with E-state index in [1.807, 2.05) is 4.90 Å². The Morgan fingerprint density at radius 1 is 1.19 bits per heavy atom. The molecule has 3 aliphatic rings. The molecule has 1 aromatic rings. The molecule has 11 heteroatoms. The molecule has 3 aliphatic heterocycles. The van der Waals surface area contributed by atoms with E-state index in [1.165, 1.54) is 12.3 Å². The van der Waals surface area contributed by atoms with Crippen LogP contribution >= 0.6 is 0 Å². The number of fused-ring (bicyclic) bond motifs is 1. The van der Waals surface area contributed by atoms with Gasteiger partial charge in [0.1, 0.15) is 6.61 Å². The molecule has 4 heterocycles. The van der Waals surface area contributed by atoms with Crippen molar-refractivity contribution in [3.63, 3.8) is 0 Å². The lowest BCUT2D eigenvalue weighted by molar-refractivity contribution is -0.276. The van der Waals surface area contributed by atoms with Gasteiger partial charge in [-0.25, -0.2) is 9.78 Å². The zero-order valence-corrected chi connectivity index (χ0v) is 16.9. The lowest BCUT2D eigenvalue weighted by Crippen LogP contribution is -2.62. The molecule has 0 unspecified atom stereocenters. The first-order valence-electron chi connectivity index (χ1n) is 10.4. The number of alkyl halides is 3. The van der Waals surface area contributed by atoms with E-state index in [0.717, 1.165) is 18.4 Å². The summed E-state index contributed by atoms with van der Waals surface area (Å²) in [6, 6.07) is 2.63.